The van der Waals surface area contributed by atoms with Crippen LogP contribution in [0.5, 0.6) is 5.75 Å². The van der Waals surface area contributed by atoms with Crippen molar-refractivity contribution in [2.75, 3.05) is 18.6 Å². The molecule has 0 unspecified atom stereocenters. The van der Waals surface area contributed by atoms with Gasteiger partial charge in [-0.05, 0) is 25.1 Å². The second-order valence-corrected chi connectivity index (χ2v) is 10.0. The van der Waals surface area contributed by atoms with Crippen LogP contribution >= 0.6 is 23.1 Å². The maximum atomic E-state index is 12.2. The summed E-state index contributed by atoms with van der Waals surface area (Å²) in [5.41, 5.74) is 1.87. The number of nitrogens with zero attached hydrogens (tertiary/aromatic N) is 2. The van der Waals surface area contributed by atoms with Crippen molar-refractivity contribution < 1.29 is 14.1 Å². The molecular formula is C23H25N2O2S2+. The van der Waals surface area contributed by atoms with Gasteiger partial charge in [-0.1, -0.05) is 49.1 Å². The van der Waals surface area contributed by atoms with Crippen LogP contribution in [0.25, 0.3) is 16.3 Å². The Morgan fingerprint density at radius 3 is 2.69 bits per heavy atom. The summed E-state index contributed by atoms with van der Waals surface area (Å²) < 4.78 is 8.94. The first-order valence-electron chi connectivity index (χ1n) is 9.54. The standard InChI is InChI=1S/C23H25N2O2S2/c1-15(26)23(2,3)14-25-18-12-16(27-5)10-11-20(18)29-22(25)13-21-24(4)17-8-6-7-9-19(17)28-21/h6-13H,14H2,1-5H3/q+1. The Morgan fingerprint density at radius 2 is 2.00 bits per heavy atom. The Labute approximate surface area is 179 Å². The summed E-state index contributed by atoms with van der Waals surface area (Å²) in [6.45, 7) is 6.31. The first-order chi connectivity index (χ1) is 13.8. The molecule has 1 aliphatic rings. The lowest BCUT2D eigenvalue weighted by atomic mass is 9.88. The average molecular weight is 426 g/mol. The molecule has 2 aromatic carbocycles. The van der Waals surface area contributed by atoms with Crippen molar-refractivity contribution in [3.8, 4) is 5.75 Å². The number of para-hydroxylation sites is 1. The number of carbonyl (C=O) groups is 1. The highest BCUT2D eigenvalue weighted by atomic mass is 32.2. The van der Waals surface area contributed by atoms with Gasteiger partial charge >= 0.3 is 0 Å². The summed E-state index contributed by atoms with van der Waals surface area (Å²) in [4.78, 5) is 15.7. The molecule has 4 rings (SSSR count). The zero-order valence-corrected chi connectivity index (χ0v) is 19.0. The quantitative estimate of drug-likeness (QED) is 0.522. The molecule has 3 aromatic rings. The fourth-order valence-corrected chi connectivity index (χ4v) is 5.58. The van der Waals surface area contributed by atoms with Crippen LogP contribution in [0, 0.1) is 5.41 Å². The highest BCUT2D eigenvalue weighted by Gasteiger charge is 2.34. The maximum absolute atomic E-state index is 12.2. The van der Waals surface area contributed by atoms with Gasteiger partial charge in [0.1, 0.15) is 23.3 Å². The number of ketones is 1. The molecule has 2 heterocycles. The van der Waals surface area contributed by atoms with Crippen LogP contribution in [-0.4, -0.2) is 19.4 Å². The summed E-state index contributed by atoms with van der Waals surface area (Å²) in [5.74, 6) is 1.01. The van der Waals surface area contributed by atoms with Gasteiger partial charge in [-0.15, -0.1) is 0 Å². The third-order valence-electron chi connectivity index (χ3n) is 5.46. The van der Waals surface area contributed by atoms with Crippen LogP contribution in [-0.2, 0) is 11.8 Å². The first kappa shape index (κ1) is 20.0. The van der Waals surface area contributed by atoms with E-state index in [4.69, 9.17) is 4.74 Å². The van der Waals surface area contributed by atoms with Crippen molar-refractivity contribution in [2.45, 2.75) is 25.7 Å². The molecule has 1 aliphatic heterocycles. The molecule has 0 N–H and O–H groups in total. The second kappa shape index (κ2) is 7.50. The second-order valence-electron chi connectivity index (χ2n) is 7.91. The molecule has 0 aliphatic carbocycles. The number of anilines is 1. The van der Waals surface area contributed by atoms with E-state index in [1.54, 1.807) is 37.1 Å². The van der Waals surface area contributed by atoms with Crippen LogP contribution in [0.1, 0.15) is 25.8 Å². The number of thiazole rings is 1. The van der Waals surface area contributed by atoms with Gasteiger partial charge in [0.15, 0.2) is 0 Å². The Hall–Kier alpha value is -2.31. The molecule has 150 valence electrons. The number of aryl methyl sites for hydroxylation is 1. The van der Waals surface area contributed by atoms with Gasteiger partial charge < -0.3 is 9.64 Å². The van der Waals surface area contributed by atoms with E-state index in [0.29, 0.717) is 6.54 Å². The zero-order chi connectivity index (χ0) is 20.8. The molecule has 29 heavy (non-hydrogen) atoms. The number of benzene rings is 2. The lowest BCUT2D eigenvalue weighted by Gasteiger charge is -2.30. The molecule has 4 nitrogen and oxygen atoms in total. The molecule has 0 saturated heterocycles. The van der Waals surface area contributed by atoms with Crippen molar-refractivity contribution >= 4 is 50.9 Å². The Kier molecular flexibility index (Phi) is 5.17. The van der Waals surface area contributed by atoms with Crippen molar-refractivity contribution in [2.24, 2.45) is 12.5 Å². The molecular weight excluding hydrogens is 400 g/mol. The summed E-state index contributed by atoms with van der Waals surface area (Å²) >= 11 is 3.52. The van der Waals surface area contributed by atoms with E-state index in [0.717, 1.165) is 16.5 Å². The number of aromatic nitrogens is 1. The molecule has 1 aromatic heterocycles. The number of Topliss-reactive ketones (excluding diaryl/α,β-unsaturated/α-hetero) is 1. The molecule has 0 fully saturated rings. The number of ether oxygens (including phenoxy) is 1. The Morgan fingerprint density at radius 1 is 1.24 bits per heavy atom. The van der Waals surface area contributed by atoms with Crippen LogP contribution < -0.4 is 14.2 Å². The van der Waals surface area contributed by atoms with E-state index < -0.39 is 5.41 Å². The summed E-state index contributed by atoms with van der Waals surface area (Å²) in [7, 11) is 3.78. The predicted molar refractivity (Wildman–Crippen MR) is 122 cm³/mol. The third kappa shape index (κ3) is 3.67. The number of carbonyl (C=O) groups excluding carboxylic acids is 1. The van der Waals surface area contributed by atoms with Crippen molar-refractivity contribution in [3.05, 3.63) is 52.5 Å². The molecule has 0 radical (unpaired) electrons. The van der Waals surface area contributed by atoms with Crippen LogP contribution in [0.15, 0.2) is 52.4 Å². The first-order valence-corrected chi connectivity index (χ1v) is 11.2. The van der Waals surface area contributed by atoms with E-state index in [9.17, 15) is 4.79 Å². The highest BCUT2D eigenvalue weighted by molar-refractivity contribution is 8.03. The number of methoxy groups -OCH3 is 1. The van der Waals surface area contributed by atoms with E-state index in [-0.39, 0.29) is 5.78 Å². The predicted octanol–water partition coefficient (Wildman–Crippen LogP) is 5.26. The SMILES string of the molecule is COc1ccc2c(c1)N(CC(C)(C)C(C)=O)/C(=C/c1sc3ccccc3[n+]1C)S2. The minimum absolute atomic E-state index is 0.186. The number of thioether (sulfide) groups is 1. The number of rotatable bonds is 5. The van der Waals surface area contributed by atoms with Crippen molar-refractivity contribution in [1.82, 2.24) is 0 Å². The lowest BCUT2D eigenvalue weighted by Crippen LogP contribution is -2.36. The topological polar surface area (TPSA) is 33.4 Å². The Bertz CT molecular complexity index is 1130. The monoisotopic (exact) mass is 425 g/mol. The third-order valence-corrected chi connectivity index (χ3v) is 7.74. The summed E-state index contributed by atoms with van der Waals surface area (Å²) in [6.07, 6.45) is 2.23. The van der Waals surface area contributed by atoms with Gasteiger partial charge in [-0.3, -0.25) is 4.79 Å². The van der Waals surface area contributed by atoms with E-state index in [2.05, 4.69) is 59.0 Å². The van der Waals surface area contributed by atoms with Crippen LogP contribution in [0.3, 0.4) is 0 Å². The zero-order valence-electron chi connectivity index (χ0n) is 17.4. The minimum atomic E-state index is -0.452. The maximum Gasteiger partial charge on any atom is 0.265 e. The van der Waals surface area contributed by atoms with Gasteiger partial charge in [0.05, 0.1) is 23.9 Å². The normalized spacial score (nSPS) is 15.2. The Balaban J connectivity index is 1.81. The highest BCUT2D eigenvalue weighted by Crippen LogP contribution is 2.49. The van der Waals surface area contributed by atoms with Gasteiger partial charge in [0.25, 0.3) is 5.01 Å². The molecule has 0 bridgehead atoms. The number of fused-ring (bicyclic) bond motifs is 2. The van der Waals surface area contributed by atoms with Crippen molar-refractivity contribution in [1.29, 1.82) is 0 Å². The molecule has 0 spiro atoms. The largest absolute Gasteiger partial charge is 0.497 e. The van der Waals surface area contributed by atoms with Gasteiger partial charge in [0, 0.05) is 29.0 Å². The van der Waals surface area contributed by atoms with E-state index in [1.807, 2.05) is 19.9 Å². The van der Waals surface area contributed by atoms with Crippen LogP contribution in [0.2, 0.25) is 0 Å². The smallest absolute Gasteiger partial charge is 0.265 e. The lowest BCUT2D eigenvalue weighted by molar-refractivity contribution is -0.642. The minimum Gasteiger partial charge on any atom is -0.497 e. The fraction of sp³-hybridized carbons (Fsp3) is 0.304. The fourth-order valence-electron chi connectivity index (χ4n) is 3.34. The van der Waals surface area contributed by atoms with Gasteiger partial charge in [-0.2, -0.15) is 4.57 Å². The summed E-state index contributed by atoms with van der Waals surface area (Å²) in [6, 6.07) is 14.6. The van der Waals surface area contributed by atoms with Crippen LogP contribution in [0.4, 0.5) is 5.69 Å². The number of hydrogen-bond acceptors (Lipinski definition) is 5. The molecule has 0 amide bonds. The molecule has 0 saturated carbocycles. The molecule has 0 atom stereocenters. The van der Waals surface area contributed by atoms with E-state index >= 15 is 0 Å². The van der Waals surface area contributed by atoms with Gasteiger partial charge in [0.2, 0.25) is 5.52 Å². The number of hydrogen-bond donors (Lipinski definition) is 0. The average Bonchev–Trinajstić information content (AvgIpc) is 3.19. The van der Waals surface area contributed by atoms with E-state index in [1.165, 1.54) is 20.1 Å². The van der Waals surface area contributed by atoms with Gasteiger partial charge in [-0.25, -0.2) is 0 Å². The van der Waals surface area contributed by atoms with Crippen molar-refractivity contribution in [3.63, 3.8) is 0 Å². The molecule has 6 heteroatoms. The summed E-state index contributed by atoms with van der Waals surface area (Å²) in [5, 5.41) is 2.31.